The Hall–Kier alpha value is -0.740. The summed E-state index contributed by atoms with van der Waals surface area (Å²) in [5.41, 5.74) is 0.751. The van der Waals surface area contributed by atoms with Gasteiger partial charge in [-0.25, -0.2) is 4.98 Å². The minimum absolute atomic E-state index is 0.0130. The summed E-state index contributed by atoms with van der Waals surface area (Å²) in [7, 11) is 1.61. The molecule has 0 atom stereocenters. The molecule has 1 aromatic rings. The van der Waals surface area contributed by atoms with E-state index >= 15 is 0 Å². The number of ether oxygens (including phenoxy) is 1. The molecule has 1 heterocycles. The van der Waals surface area contributed by atoms with Crippen molar-refractivity contribution in [3.05, 3.63) is 15.6 Å². The third-order valence-corrected chi connectivity index (χ3v) is 3.56. The van der Waals surface area contributed by atoms with Crippen LogP contribution >= 0.6 is 11.3 Å². The first-order valence-electron chi connectivity index (χ1n) is 4.86. The highest BCUT2D eigenvalue weighted by molar-refractivity contribution is 7.14. The van der Waals surface area contributed by atoms with Crippen LogP contribution in [0.5, 0.6) is 0 Å². The van der Waals surface area contributed by atoms with Gasteiger partial charge >= 0.3 is 0 Å². The number of carbonyl (C=O) groups excluding carboxylic acids is 1. The second kappa shape index (κ2) is 4.41. The van der Waals surface area contributed by atoms with Gasteiger partial charge in [-0.05, 0) is 0 Å². The maximum atomic E-state index is 11.4. The van der Waals surface area contributed by atoms with E-state index in [0.717, 1.165) is 15.6 Å². The van der Waals surface area contributed by atoms with Gasteiger partial charge in [0, 0.05) is 19.4 Å². The summed E-state index contributed by atoms with van der Waals surface area (Å²) in [5.74, 6) is 0.0649. The van der Waals surface area contributed by atoms with Crippen molar-refractivity contribution in [1.29, 1.82) is 0 Å². The molecule has 1 aromatic heterocycles. The lowest BCUT2D eigenvalue weighted by atomic mass is 9.98. The number of hydrogen-bond donors (Lipinski definition) is 0. The molecule has 0 unspecified atom stereocenters. The van der Waals surface area contributed by atoms with E-state index in [-0.39, 0.29) is 11.2 Å². The van der Waals surface area contributed by atoms with Crippen LogP contribution in [0, 0.1) is 0 Å². The van der Waals surface area contributed by atoms with Crippen LogP contribution in [0.4, 0.5) is 0 Å². The number of ketones is 1. The molecule has 0 aromatic carbocycles. The van der Waals surface area contributed by atoms with Crippen molar-refractivity contribution in [3.63, 3.8) is 0 Å². The van der Waals surface area contributed by atoms with E-state index in [4.69, 9.17) is 4.74 Å². The van der Waals surface area contributed by atoms with E-state index in [0.29, 0.717) is 6.61 Å². The summed E-state index contributed by atoms with van der Waals surface area (Å²) in [6.07, 6.45) is 0. The number of hydrogen-bond acceptors (Lipinski definition) is 4. The van der Waals surface area contributed by atoms with Crippen molar-refractivity contribution in [2.45, 2.75) is 39.7 Å². The van der Waals surface area contributed by atoms with Gasteiger partial charge in [0.05, 0.1) is 22.2 Å². The molecule has 4 heteroatoms. The zero-order valence-corrected chi connectivity index (χ0v) is 10.7. The average molecular weight is 227 g/mol. The van der Waals surface area contributed by atoms with Gasteiger partial charge in [-0.15, -0.1) is 11.3 Å². The molecule has 0 radical (unpaired) electrons. The van der Waals surface area contributed by atoms with Gasteiger partial charge in [-0.1, -0.05) is 20.8 Å². The molecule has 0 spiro atoms. The molecular formula is C11H17NO2S. The van der Waals surface area contributed by atoms with Crippen LogP contribution in [0.1, 0.15) is 48.1 Å². The van der Waals surface area contributed by atoms with E-state index in [1.165, 1.54) is 11.3 Å². The topological polar surface area (TPSA) is 39.2 Å². The molecule has 0 N–H and O–H groups in total. The average Bonchev–Trinajstić information content (AvgIpc) is 2.48. The number of carbonyl (C=O) groups is 1. The Morgan fingerprint density at radius 1 is 1.47 bits per heavy atom. The number of thiazole rings is 1. The molecule has 0 aliphatic carbocycles. The fourth-order valence-electron chi connectivity index (χ4n) is 1.18. The molecule has 3 nitrogen and oxygen atoms in total. The number of rotatable bonds is 3. The number of Topliss-reactive ketones (excluding diaryl/α,β-unsaturated/α-hetero) is 1. The first kappa shape index (κ1) is 12.3. The molecule has 0 saturated heterocycles. The lowest BCUT2D eigenvalue weighted by Crippen LogP contribution is -2.10. The zero-order valence-electron chi connectivity index (χ0n) is 9.88. The van der Waals surface area contributed by atoms with Gasteiger partial charge < -0.3 is 4.74 Å². The summed E-state index contributed by atoms with van der Waals surface area (Å²) < 4.78 is 5.04. The predicted octanol–water partition coefficient (Wildman–Crippen LogP) is 2.79. The van der Waals surface area contributed by atoms with Crippen LogP contribution in [0.25, 0.3) is 0 Å². The Balaban J connectivity index is 3.15. The fourth-order valence-corrected chi connectivity index (χ4v) is 2.20. The van der Waals surface area contributed by atoms with Gasteiger partial charge in [-0.3, -0.25) is 4.79 Å². The Morgan fingerprint density at radius 2 is 2.07 bits per heavy atom. The Kier molecular flexibility index (Phi) is 3.62. The zero-order chi connectivity index (χ0) is 11.6. The number of aromatic nitrogens is 1. The van der Waals surface area contributed by atoms with Crippen LogP contribution in [0.3, 0.4) is 0 Å². The SMILES string of the molecule is COCc1nc(C(C)(C)C)sc1C(C)=O. The van der Waals surface area contributed by atoms with E-state index in [2.05, 4.69) is 25.8 Å². The molecule has 0 fully saturated rings. The smallest absolute Gasteiger partial charge is 0.171 e. The van der Waals surface area contributed by atoms with Crippen LogP contribution in [0.15, 0.2) is 0 Å². The van der Waals surface area contributed by atoms with Gasteiger partial charge in [0.15, 0.2) is 5.78 Å². The third kappa shape index (κ3) is 2.86. The first-order chi connectivity index (χ1) is 6.86. The summed E-state index contributed by atoms with van der Waals surface area (Å²) >= 11 is 1.47. The highest BCUT2D eigenvalue weighted by Crippen LogP contribution is 2.29. The van der Waals surface area contributed by atoms with Crippen molar-refractivity contribution in [2.75, 3.05) is 7.11 Å². The largest absolute Gasteiger partial charge is 0.378 e. The second-order valence-corrected chi connectivity index (χ2v) is 5.53. The maximum Gasteiger partial charge on any atom is 0.171 e. The van der Waals surface area contributed by atoms with E-state index in [1.807, 2.05) is 0 Å². The van der Waals surface area contributed by atoms with Crippen molar-refractivity contribution in [3.8, 4) is 0 Å². The minimum Gasteiger partial charge on any atom is -0.378 e. The van der Waals surface area contributed by atoms with E-state index in [1.54, 1.807) is 14.0 Å². The van der Waals surface area contributed by atoms with Crippen molar-refractivity contribution >= 4 is 17.1 Å². The summed E-state index contributed by atoms with van der Waals surface area (Å²) in [4.78, 5) is 16.6. The van der Waals surface area contributed by atoms with E-state index < -0.39 is 0 Å². The molecule has 0 saturated carbocycles. The van der Waals surface area contributed by atoms with Gasteiger partial charge in [0.1, 0.15) is 0 Å². The van der Waals surface area contributed by atoms with Gasteiger partial charge in [-0.2, -0.15) is 0 Å². The Labute approximate surface area is 94.5 Å². The number of nitrogens with zero attached hydrogens (tertiary/aromatic N) is 1. The van der Waals surface area contributed by atoms with Crippen LogP contribution < -0.4 is 0 Å². The fraction of sp³-hybridized carbons (Fsp3) is 0.636. The molecule has 0 amide bonds. The number of methoxy groups -OCH3 is 1. The van der Waals surface area contributed by atoms with Gasteiger partial charge in [0.25, 0.3) is 0 Å². The first-order valence-corrected chi connectivity index (χ1v) is 5.68. The molecule has 0 bridgehead atoms. The maximum absolute atomic E-state index is 11.4. The molecule has 0 aliphatic heterocycles. The normalized spacial score (nSPS) is 11.8. The van der Waals surface area contributed by atoms with Crippen molar-refractivity contribution in [1.82, 2.24) is 4.98 Å². The molecule has 1 rings (SSSR count). The summed E-state index contributed by atoms with van der Waals surface area (Å²) in [5, 5.41) is 0.986. The highest BCUT2D eigenvalue weighted by Gasteiger charge is 2.22. The minimum atomic E-state index is -0.0130. The molecule has 84 valence electrons. The van der Waals surface area contributed by atoms with E-state index in [9.17, 15) is 4.79 Å². The second-order valence-electron chi connectivity index (χ2n) is 4.53. The molecule has 0 aliphatic rings. The summed E-state index contributed by atoms with van der Waals surface area (Å²) in [6.45, 7) is 8.24. The third-order valence-electron chi connectivity index (χ3n) is 1.94. The van der Waals surface area contributed by atoms with Crippen molar-refractivity contribution < 1.29 is 9.53 Å². The predicted molar refractivity (Wildman–Crippen MR) is 61.5 cm³/mol. The summed E-state index contributed by atoms with van der Waals surface area (Å²) in [6, 6.07) is 0. The Morgan fingerprint density at radius 3 is 2.47 bits per heavy atom. The lowest BCUT2D eigenvalue weighted by Gasteiger charge is -2.13. The van der Waals surface area contributed by atoms with Crippen LogP contribution in [-0.2, 0) is 16.8 Å². The standard InChI is InChI=1S/C11H17NO2S/c1-7(13)9-8(6-14-5)12-10(15-9)11(2,3)4/h6H2,1-5H3. The molecular weight excluding hydrogens is 210 g/mol. The highest BCUT2D eigenvalue weighted by atomic mass is 32.1. The van der Waals surface area contributed by atoms with Crippen LogP contribution in [-0.4, -0.2) is 17.9 Å². The van der Waals surface area contributed by atoms with Crippen molar-refractivity contribution in [2.24, 2.45) is 0 Å². The monoisotopic (exact) mass is 227 g/mol. The quantitative estimate of drug-likeness (QED) is 0.745. The van der Waals surface area contributed by atoms with Crippen LogP contribution in [0.2, 0.25) is 0 Å². The molecule has 15 heavy (non-hydrogen) atoms. The lowest BCUT2D eigenvalue weighted by molar-refractivity contribution is 0.101. The Bertz CT molecular complexity index is 363. The van der Waals surface area contributed by atoms with Gasteiger partial charge in [0.2, 0.25) is 0 Å².